The summed E-state index contributed by atoms with van der Waals surface area (Å²) < 4.78 is 5.73. The van der Waals surface area contributed by atoms with Crippen LogP contribution in [0.3, 0.4) is 0 Å². The van der Waals surface area contributed by atoms with Gasteiger partial charge in [-0.15, -0.1) is 0 Å². The van der Waals surface area contributed by atoms with Crippen molar-refractivity contribution in [3.05, 3.63) is 23.8 Å². The molecule has 0 unspecified atom stereocenters. The summed E-state index contributed by atoms with van der Waals surface area (Å²) in [5.41, 5.74) is 1.16. The maximum absolute atomic E-state index is 12.5. The van der Waals surface area contributed by atoms with Crippen LogP contribution in [0.5, 0.6) is 0 Å². The van der Waals surface area contributed by atoms with Gasteiger partial charge >= 0.3 is 5.97 Å². The van der Waals surface area contributed by atoms with Gasteiger partial charge in [-0.1, -0.05) is 32.1 Å². The molecule has 0 heterocycles. The summed E-state index contributed by atoms with van der Waals surface area (Å²) in [6, 6.07) is 0. The van der Waals surface area contributed by atoms with Crippen molar-refractivity contribution in [1.82, 2.24) is 0 Å². The molecular weight excluding hydrogens is 304 g/mol. The first-order valence-electron chi connectivity index (χ1n) is 8.84. The number of carbonyl (C=O) groups is 2. The van der Waals surface area contributed by atoms with Crippen molar-refractivity contribution < 1.29 is 19.4 Å². The van der Waals surface area contributed by atoms with Gasteiger partial charge in [0, 0.05) is 11.5 Å². The Hall–Kier alpha value is -1.42. The number of ketones is 1. The quantitative estimate of drug-likeness (QED) is 0.488. The zero-order valence-corrected chi connectivity index (χ0v) is 15.5. The van der Waals surface area contributed by atoms with Crippen molar-refractivity contribution in [2.75, 3.05) is 0 Å². The summed E-state index contributed by atoms with van der Waals surface area (Å²) in [6.45, 7) is 13.5. The van der Waals surface area contributed by atoms with Crippen LogP contribution >= 0.6 is 0 Å². The van der Waals surface area contributed by atoms with Gasteiger partial charge in [-0.2, -0.15) is 0 Å². The van der Waals surface area contributed by atoms with E-state index < -0.39 is 6.10 Å². The molecule has 0 aromatic carbocycles. The van der Waals surface area contributed by atoms with Crippen molar-refractivity contribution in [3.63, 3.8) is 0 Å². The van der Waals surface area contributed by atoms with E-state index in [1.165, 1.54) is 0 Å². The molecule has 0 saturated heterocycles. The van der Waals surface area contributed by atoms with Gasteiger partial charge in [0.05, 0.1) is 0 Å². The number of fused-ring (bicyclic) bond motifs is 1. The smallest absolute Gasteiger partial charge is 0.333 e. The van der Waals surface area contributed by atoms with Crippen molar-refractivity contribution in [2.45, 2.75) is 66.1 Å². The van der Waals surface area contributed by atoms with Gasteiger partial charge < -0.3 is 9.84 Å². The Morgan fingerprint density at radius 1 is 1.38 bits per heavy atom. The van der Waals surface area contributed by atoms with Crippen LogP contribution in [0.2, 0.25) is 0 Å². The van der Waals surface area contributed by atoms with Crippen molar-refractivity contribution >= 4 is 11.8 Å². The fourth-order valence-corrected chi connectivity index (χ4v) is 4.41. The average molecular weight is 334 g/mol. The molecule has 24 heavy (non-hydrogen) atoms. The fraction of sp³-hybridized carbons (Fsp3) is 0.700. The molecule has 2 saturated carbocycles. The second kappa shape index (κ2) is 6.83. The summed E-state index contributed by atoms with van der Waals surface area (Å²) in [5, 5.41) is 10.6. The molecule has 4 heteroatoms. The van der Waals surface area contributed by atoms with E-state index in [1.807, 2.05) is 13.8 Å². The highest BCUT2D eigenvalue weighted by Crippen LogP contribution is 2.55. The maximum Gasteiger partial charge on any atom is 0.333 e. The van der Waals surface area contributed by atoms with E-state index in [-0.39, 0.29) is 41.0 Å². The summed E-state index contributed by atoms with van der Waals surface area (Å²) in [6.07, 6.45) is 2.68. The molecule has 2 aliphatic rings. The summed E-state index contributed by atoms with van der Waals surface area (Å²) >= 11 is 0. The molecule has 2 rings (SSSR count). The largest absolute Gasteiger partial charge is 0.459 e. The molecule has 0 bridgehead atoms. The van der Waals surface area contributed by atoms with E-state index in [1.54, 1.807) is 13.0 Å². The molecule has 0 radical (unpaired) electrons. The van der Waals surface area contributed by atoms with Gasteiger partial charge in [0.15, 0.2) is 5.78 Å². The van der Waals surface area contributed by atoms with Crippen molar-refractivity contribution in [2.24, 2.45) is 23.2 Å². The van der Waals surface area contributed by atoms with E-state index in [4.69, 9.17) is 4.74 Å². The number of ether oxygens (including phenoxy) is 1. The standard InChI is InChI=1S/C20H30O4/c1-7-12(4)19(23)24-16-9-8-15-18(22)17(21)14(11(2)3)10-20(15,6)13(16)5/h7,13-16,18,22H,2,8-10H2,1,3-6H3/b12-7-/t13-,14-,15+,16+,18+,20+/m0/s1. The Kier molecular flexibility index (Phi) is 5.38. The molecule has 134 valence electrons. The predicted octanol–water partition coefficient (Wildman–Crippen LogP) is 3.44. The minimum absolute atomic E-state index is 0.0756. The highest BCUT2D eigenvalue weighted by atomic mass is 16.5. The Bertz CT molecular complexity index is 576. The lowest BCUT2D eigenvalue weighted by molar-refractivity contribution is -0.173. The molecule has 2 aliphatic carbocycles. The fourth-order valence-electron chi connectivity index (χ4n) is 4.41. The first-order chi connectivity index (χ1) is 11.1. The van der Waals surface area contributed by atoms with Crippen LogP contribution < -0.4 is 0 Å². The Balaban J connectivity index is 2.25. The van der Waals surface area contributed by atoms with Crippen LogP contribution in [0.15, 0.2) is 23.8 Å². The molecule has 6 atom stereocenters. The van der Waals surface area contributed by atoms with E-state index in [0.717, 1.165) is 5.57 Å². The number of esters is 1. The zero-order valence-electron chi connectivity index (χ0n) is 15.5. The molecule has 0 spiro atoms. The van der Waals surface area contributed by atoms with Crippen LogP contribution in [0.1, 0.15) is 53.9 Å². The first-order valence-corrected chi connectivity index (χ1v) is 8.84. The minimum Gasteiger partial charge on any atom is -0.459 e. The summed E-state index contributed by atoms with van der Waals surface area (Å²) in [7, 11) is 0. The maximum atomic E-state index is 12.5. The van der Waals surface area contributed by atoms with Crippen molar-refractivity contribution in [1.29, 1.82) is 0 Å². The first kappa shape index (κ1) is 18.9. The number of hydrogen-bond donors (Lipinski definition) is 1. The Labute approximate surface area is 145 Å². The summed E-state index contributed by atoms with van der Waals surface area (Å²) in [4.78, 5) is 24.6. The molecule has 0 amide bonds. The minimum atomic E-state index is -0.943. The zero-order chi connectivity index (χ0) is 18.2. The predicted molar refractivity (Wildman–Crippen MR) is 93.2 cm³/mol. The van der Waals surface area contributed by atoms with E-state index in [0.29, 0.717) is 24.8 Å². The molecular formula is C20H30O4. The normalized spacial score (nSPS) is 40.0. The van der Waals surface area contributed by atoms with Gasteiger partial charge in [0.25, 0.3) is 0 Å². The lowest BCUT2D eigenvalue weighted by atomic mass is 9.51. The topological polar surface area (TPSA) is 63.6 Å². The Morgan fingerprint density at radius 2 is 2.00 bits per heavy atom. The molecule has 0 aromatic rings. The monoisotopic (exact) mass is 334 g/mol. The van der Waals surface area contributed by atoms with Gasteiger partial charge in [-0.3, -0.25) is 4.79 Å². The van der Waals surface area contributed by atoms with Gasteiger partial charge in [-0.25, -0.2) is 4.79 Å². The number of aliphatic hydroxyl groups excluding tert-OH is 1. The van der Waals surface area contributed by atoms with Gasteiger partial charge in [0.1, 0.15) is 12.2 Å². The molecule has 0 aromatic heterocycles. The van der Waals surface area contributed by atoms with Crippen LogP contribution in [0.25, 0.3) is 0 Å². The van der Waals surface area contributed by atoms with E-state index >= 15 is 0 Å². The van der Waals surface area contributed by atoms with E-state index in [2.05, 4.69) is 20.4 Å². The SMILES string of the molecule is C=C(C)[C@@H]1C[C@@]2(C)[C@H](CC[C@@H](OC(=O)/C(C)=C\C)[C@@H]2C)[C@@H](O)C1=O. The number of hydrogen-bond acceptors (Lipinski definition) is 4. The lowest BCUT2D eigenvalue weighted by Crippen LogP contribution is -2.57. The highest BCUT2D eigenvalue weighted by Gasteiger charge is 2.56. The Morgan fingerprint density at radius 3 is 2.54 bits per heavy atom. The second-order valence-electron chi connectivity index (χ2n) is 7.84. The van der Waals surface area contributed by atoms with Crippen LogP contribution in [0.4, 0.5) is 0 Å². The molecule has 0 aliphatic heterocycles. The van der Waals surface area contributed by atoms with Crippen LogP contribution in [-0.4, -0.2) is 29.1 Å². The highest BCUT2D eigenvalue weighted by molar-refractivity contribution is 5.89. The van der Waals surface area contributed by atoms with Crippen LogP contribution in [0, 0.1) is 23.2 Å². The average Bonchev–Trinajstić information content (AvgIpc) is 2.54. The molecule has 4 nitrogen and oxygen atoms in total. The van der Waals surface area contributed by atoms with E-state index in [9.17, 15) is 14.7 Å². The van der Waals surface area contributed by atoms with Crippen LogP contribution in [-0.2, 0) is 14.3 Å². The number of allylic oxidation sites excluding steroid dienone is 2. The number of carbonyl (C=O) groups excluding carboxylic acids is 2. The third-order valence-corrected chi connectivity index (χ3v) is 6.48. The van der Waals surface area contributed by atoms with Gasteiger partial charge in [-0.05, 0) is 57.3 Å². The number of rotatable bonds is 3. The third kappa shape index (κ3) is 3.08. The van der Waals surface area contributed by atoms with Gasteiger partial charge in [0.2, 0.25) is 0 Å². The summed E-state index contributed by atoms with van der Waals surface area (Å²) in [5.74, 6) is -0.684. The molecule has 2 fully saturated rings. The lowest BCUT2D eigenvalue weighted by Gasteiger charge is -2.55. The third-order valence-electron chi connectivity index (χ3n) is 6.48. The second-order valence-corrected chi connectivity index (χ2v) is 7.84. The van der Waals surface area contributed by atoms with Crippen molar-refractivity contribution in [3.8, 4) is 0 Å². The number of aliphatic hydroxyl groups is 1. The number of Topliss-reactive ketones (excluding diaryl/α,β-unsaturated/α-hetero) is 1. The molecule has 1 N–H and O–H groups in total.